The normalized spacial score (nSPS) is 12.6. The topological polar surface area (TPSA) is 56.0 Å². The highest BCUT2D eigenvalue weighted by Crippen LogP contribution is 2.27. The predicted molar refractivity (Wildman–Crippen MR) is 51.9 cm³/mol. The summed E-state index contributed by atoms with van der Waals surface area (Å²) >= 11 is 11.5. The highest BCUT2D eigenvalue weighted by molar-refractivity contribution is 6.41. The maximum absolute atomic E-state index is 11.0. The molecule has 1 heterocycles. The lowest BCUT2D eigenvalue weighted by Gasteiger charge is -2.09. The second kappa shape index (κ2) is 4.05. The van der Waals surface area contributed by atoms with Crippen LogP contribution in [0.3, 0.4) is 0 Å². The van der Waals surface area contributed by atoms with Crippen LogP contribution in [0.4, 0.5) is 0 Å². The fourth-order valence-electron chi connectivity index (χ4n) is 0.891. The Kier molecular flexibility index (Phi) is 3.25. The van der Waals surface area contributed by atoms with Crippen LogP contribution in [-0.4, -0.2) is 10.8 Å². The number of hydrogen-bond donors (Lipinski definition) is 1. The number of aromatic nitrogens is 1. The molecule has 0 amide bonds. The van der Waals surface area contributed by atoms with Gasteiger partial charge in [0.15, 0.2) is 5.78 Å². The lowest BCUT2D eigenvalue weighted by Crippen LogP contribution is -2.19. The molecule has 0 bridgehead atoms. The molecule has 1 atom stereocenters. The van der Waals surface area contributed by atoms with E-state index in [0.29, 0.717) is 5.56 Å². The number of nitrogens with zero attached hydrogens (tertiary/aromatic N) is 1. The monoisotopic (exact) mass is 218 g/mol. The number of carbonyl (C=O) groups is 1. The molecule has 5 heteroatoms. The van der Waals surface area contributed by atoms with E-state index in [4.69, 9.17) is 28.9 Å². The van der Waals surface area contributed by atoms with Crippen LogP contribution in [0.25, 0.3) is 0 Å². The molecule has 3 nitrogen and oxygen atoms in total. The number of Topliss-reactive ketones (excluding diaryl/α,β-unsaturated/α-hetero) is 1. The van der Waals surface area contributed by atoms with Crippen molar-refractivity contribution in [3.8, 4) is 0 Å². The van der Waals surface area contributed by atoms with E-state index >= 15 is 0 Å². The zero-order chi connectivity index (χ0) is 10.0. The molecule has 0 aromatic carbocycles. The zero-order valence-electron chi connectivity index (χ0n) is 6.92. The van der Waals surface area contributed by atoms with Gasteiger partial charge in [0.05, 0.1) is 11.1 Å². The first-order valence-electron chi connectivity index (χ1n) is 3.60. The lowest BCUT2D eigenvalue weighted by atomic mass is 10.1. The Bertz CT molecular complexity index is 341. The molecule has 0 saturated carbocycles. The van der Waals surface area contributed by atoms with Gasteiger partial charge in [-0.15, -0.1) is 0 Å². The molecule has 0 aliphatic heterocycles. The highest BCUT2D eigenvalue weighted by atomic mass is 35.5. The third-order valence-corrected chi connectivity index (χ3v) is 2.43. The van der Waals surface area contributed by atoms with Gasteiger partial charge >= 0.3 is 0 Å². The van der Waals surface area contributed by atoms with E-state index in [1.54, 1.807) is 6.07 Å². The third-order valence-electron chi connectivity index (χ3n) is 1.65. The Morgan fingerprint density at radius 2 is 2.23 bits per heavy atom. The van der Waals surface area contributed by atoms with Crippen LogP contribution in [-0.2, 0) is 4.79 Å². The quantitative estimate of drug-likeness (QED) is 0.773. The minimum absolute atomic E-state index is 0.163. The minimum Gasteiger partial charge on any atom is -0.318 e. The summed E-state index contributed by atoms with van der Waals surface area (Å²) in [4.78, 5) is 14.7. The van der Waals surface area contributed by atoms with Crippen LogP contribution in [0.5, 0.6) is 0 Å². The van der Waals surface area contributed by atoms with Crippen molar-refractivity contribution in [3.05, 3.63) is 28.0 Å². The molecule has 0 aliphatic rings. The van der Waals surface area contributed by atoms with E-state index in [-0.39, 0.29) is 16.0 Å². The smallest absolute Gasteiger partial charge is 0.151 e. The molecule has 1 aromatic rings. The summed E-state index contributed by atoms with van der Waals surface area (Å²) in [6.45, 7) is 1.40. The highest BCUT2D eigenvalue weighted by Gasteiger charge is 2.16. The molecule has 0 spiro atoms. The van der Waals surface area contributed by atoms with Gasteiger partial charge in [-0.3, -0.25) is 4.79 Å². The molecule has 0 radical (unpaired) electrons. The Morgan fingerprint density at radius 3 is 2.77 bits per heavy atom. The van der Waals surface area contributed by atoms with E-state index in [1.807, 2.05) is 0 Å². The molecule has 0 saturated heterocycles. The molecular weight excluding hydrogens is 211 g/mol. The number of halogens is 2. The van der Waals surface area contributed by atoms with Crippen molar-refractivity contribution in [1.29, 1.82) is 0 Å². The molecule has 0 aliphatic carbocycles. The molecule has 2 N–H and O–H groups in total. The second-order valence-electron chi connectivity index (χ2n) is 2.59. The molecule has 1 aromatic heterocycles. The summed E-state index contributed by atoms with van der Waals surface area (Å²) in [5.74, 6) is -0.163. The molecule has 70 valence electrons. The lowest BCUT2D eigenvalue weighted by molar-refractivity contribution is -0.118. The Balaban J connectivity index is 3.15. The standard InChI is InChI=1S/C8H8Cl2N2O/c1-4(13)7(11)5-2-3-12-8(10)6(5)9/h2-3,7H,11H2,1H3. The van der Waals surface area contributed by atoms with Crippen LogP contribution in [0.2, 0.25) is 10.2 Å². The van der Waals surface area contributed by atoms with Gasteiger partial charge in [0, 0.05) is 6.20 Å². The van der Waals surface area contributed by atoms with Gasteiger partial charge in [0.2, 0.25) is 0 Å². The molecule has 1 unspecified atom stereocenters. The fourth-order valence-corrected chi connectivity index (χ4v) is 1.29. The first-order valence-corrected chi connectivity index (χ1v) is 4.35. The number of carbonyl (C=O) groups excluding carboxylic acids is 1. The Hall–Kier alpha value is -0.640. The van der Waals surface area contributed by atoms with Crippen LogP contribution >= 0.6 is 23.2 Å². The Labute approximate surface area is 85.9 Å². The van der Waals surface area contributed by atoms with Gasteiger partial charge in [0.25, 0.3) is 0 Å². The summed E-state index contributed by atoms with van der Waals surface area (Å²) in [6.07, 6.45) is 1.46. The van der Waals surface area contributed by atoms with Crippen LogP contribution < -0.4 is 5.73 Å². The fraction of sp³-hybridized carbons (Fsp3) is 0.250. The van der Waals surface area contributed by atoms with Gasteiger partial charge in [-0.05, 0) is 18.6 Å². The second-order valence-corrected chi connectivity index (χ2v) is 3.33. The first-order chi connectivity index (χ1) is 6.04. The van der Waals surface area contributed by atoms with Crippen molar-refractivity contribution in [1.82, 2.24) is 4.98 Å². The number of nitrogens with two attached hydrogens (primary N) is 1. The van der Waals surface area contributed by atoms with E-state index in [9.17, 15) is 4.79 Å². The van der Waals surface area contributed by atoms with Gasteiger partial charge < -0.3 is 5.73 Å². The third kappa shape index (κ3) is 2.18. The van der Waals surface area contributed by atoms with Gasteiger partial charge in [-0.25, -0.2) is 4.98 Å². The Morgan fingerprint density at radius 1 is 1.62 bits per heavy atom. The summed E-state index contributed by atoms with van der Waals surface area (Å²) in [5, 5.41) is 0.405. The first kappa shape index (κ1) is 10.4. The molecule has 13 heavy (non-hydrogen) atoms. The summed E-state index contributed by atoms with van der Waals surface area (Å²) in [6, 6.07) is 0.855. The average molecular weight is 219 g/mol. The van der Waals surface area contributed by atoms with Crippen LogP contribution in [0.15, 0.2) is 12.3 Å². The van der Waals surface area contributed by atoms with E-state index in [0.717, 1.165) is 0 Å². The average Bonchev–Trinajstić information content (AvgIpc) is 2.08. The maximum Gasteiger partial charge on any atom is 0.151 e. The zero-order valence-corrected chi connectivity index (χ0v) is 8.43. The summed E-state index contributed by atoms with van der Waals surface area (Å²) < 4.78 is 0. The maximum atomic E-state index is 11.0. The number of ketones is 1. The number of rotatable bonds is 2. The summed E-state index contributed by atoms with van der Waals surface area (Å²) in [7, 11) is 0. The van der Waals surface area contributed by atoms with Gasteiger partial charge in [-0.2, -0.15) is 0 Å². The largest absolute Gasteiger partial charge is 0.318 e. The molecule has 1 rings (SSSR count). The minimum atomic E-state index is -0.729. The van der Waals surface area contributed by atoms with Crippen molar-refractivity contribution in [2.24, 2.45) is 5.73 Å². The summed E-state index contributed by atoms with van der Waals surface area (Å²) in [5.41, 5.74) is 6.10. The van der Waals surface area contributed by atoms with Crippen molar-refractivity contribution in [2.45, 2.75) is 13.0 Å². The van der Waals surface area contributed by atoms with Crippen molar-refractivity contribution >= 4 is 29.0 Å². The van der Waals surface area contributed by atoms with Crippen LogP contribution in [0.1, 0.15) is 18.5 Å². The number of hydrogen-bond acceptors (Lipinski definition) is 3. The van der Waals surface area contributed by atoms with Crippen molar-refractivity contribution in [3.63, 3.8) is 0 Å². The van der Waals surface area contributed by atoms with E-state index < -0.39 is 6.04 Å². The van der Waals surface area contributed by atoms with E-state index in [2.05, 4.69) is 4.98 Å². The molecule has 0 fully saturated rings. The number of pyridine rings is 1. The predicted octanol–water partition coefficient (Wildman–Crippen LogP) is 1.98. The van der Waals surface area contributed by atoms with Gasteiger partial charge in [0.1, 0.15) is 5.15 Å². The van der Waals surface area contributed by atoms with Gasteiger partial charge in [-0.1, -0.05) is 23.2 Å². The van der Waals surface area contributed by atoms with Crippen LogP contribution in [0, 0.1) is 0 Å². The van der Waals surface area contributed by atoms with E-state index in [1.165, 1.54) is 13.1 Å². The SMILES string of the molecule is CC(=O)C(N)c1ccnc(Cl)c1Cl. The van der Waals surface area contributed by atoms with Crippen molar-refractivity contribution in [2.75, 3.05) is 0 Å². The molecular formula is C8H8Cl2N2O. The van der Waals surface area contributed by atoms with Crippen molar-refractivity contribution < 1.29 is 4.79 Å².